The van der Waals surface area contributed by atoms with Crippen LogP contribution < -0.4 is 11.5 Å². The normalized spacial score (nSPS) is 11.2. The fourth-order valence-corrected chi connectivity index (χ4v) is 3.46. The lowest BCUT2D eigenvalue weighted by Gasteiger charge is -2.14. The van der Waals surface area contributed by atoms with Crippen molar-refractivity contribution in [2.45, 2.75) is 13.8 Å². The summed E-state index contributed by atoms with van der Waals surface area (Å²) in [6, 6.07) is 4.97. The molecule has 4 aromatic rings. The number of primary amides is 1. The third kappa shape index (κ3) is 2.17. The minimum absolute atomic E-state index is 0.0117. The van der Waals surface area contributed by atoms with Crippen molar-refractivity contribution in [2.24, 2.45) is 5.73 Å². The molecule has 27 heavy (non-hydrogen) atoms. The molecule has 0 aliphatic heterocycles. The van der Waals surface area contributed by atoms with Crippen molar-refractivity contribution in [3.05, 3.63) is 46.7 Å². The Kier molecular flexibility index (Phi) is 3.39. The summed E-state index contributed by atoms with van der Waals surface area (Å²) in [5, 5.41) is 17.2. The highest BCUT2D eigenvalue weighted by molar-refractivity contribution is 6.13. The van der Waals surface area contributed by atoms with Crippen LogP contribution in [-0.4, -0.2) is 25.7 Å². The van der Waals surface area contributed by atoms with Crippen molar-refractivity contribution in [1.29, 1.82) is 5.26 Å². The number of aryl methyl sites for hydroxylation is 1. The SMILES string of the molecule is Cc1cc2c(C(N)=O)c(N)n(-c3c(C)c(F)cc4[nH]ncc34)c2c(C#N)n1. The number of halogens is 1. The largest absolute Gasteiger partial charge is 0.384 e. The molecule has 5 N–H and O–H groups in total. The Bertz CT molecular complexity index is 1310. The predicted octanol–water partition coefficient (Wildman–Crippen LogP) is 2.21. The number of nitrogens with two attached hydrogens (primary N) is 2. The van der Waals surface area contributed by atoms with Crippen molar-refractivity contribution in [3.8, 4) is 11.8 Å². The lowest BCUT2D eigenvalue weighted by Crippen LogP contribution is -2.14. The maximum Gasteiger partial charge on any atom is 0.253 e. The molecule has 0 radical (unpaired) electrons. The molecule has 0 unspecified atom stereocenters. The molecule has 0 spiro atoms. The van der Waals surface area contributed by atoms with Gasteiger partial charge in [0, 0.05) is 22.0 Å². The third-order valence-electron chi connectivity index (χ3n) is 4.60. The van der Waals surface area contributed by atoms with E-state index in [1.165, 1.54) is 16.8 Å². The van der Waals surface area contributed by atoms with Crippen LogP contribution in [0.15, 0.2) is 18.3 Å². The number of nitrogens with one attached hydrogen (secondary N) is 1. The molecule has 0 aliphatic rings. The lowest BCUT2D eigenvalue weighted by molar-refractivity contribution is 0.100. The number of pyridine rings is 1. The maximum atomic E-state index is 14.5. The summed E-state index contributed by atoms with van der Waals surface area (Å²) in [7, 11) is 0. The highest BCUT2D eigenvalue weighted by Gasteiger charge is 2.26. The van der Waals surface area contributed by atoms with E-state index in [1.807, 2.05) is 6.07 Å². The molecule has 0 saturated heterocycles. The second kappa shape index (κ2) is 5.54. The quantitative estimate of drug-likeness (QED) is 0.501. The van der Waals surface area contributed by atoms with Gasteiger partial charge in [-0.3, -0.25) is 14.5 Å². The summed E-state index contributed by atoms with van der Waals surface area (Å²) in [5.74, 6) is -1.22. The minimum Gasteiger partial charge on any atom is -0.384 e. The van der Waals surface area contributed by atoms with Gasteiger partial charge in [0.25, 0.3) is 5.91 Å². The number of rotatable bonds is 2. The van der Waals surface area contributed by atoms with Gasteiger partial charge >= 0.3 is 0 Å². The Morgan fingerprint density at radius 3 is 2.74 bits per heavy atom. The molecule has 1 aromatic carbocycles. The second-order valence-corrected chi connectivity index (χ2v) is 6.24. The smallest absolute Gasteiger partial charge is 0.253 e. The first-order chi connectivity index (χ1) is 12.8. The van der Waals surface area contributed by atoms with Crippen molar-refractivity contribution in [2.75, 3.05) is 5.73 Å². The molecule has 3 heterocycles. The van der Waals surface area contributed by atoms with Gasteiger partial charge in [0.1, 0.15) is 17.7 Å². The van der Waals surface area contributed by atoms with Crippen LogP contribution in [-0.2, 0) is 0 Å². The van der Waals surface area contributed by atoms with Crippen LogP contribution in [0.3, 0.4) is 0 Å². The summed E-state index contributed by atoms with van der Waals surface area (Å²) in [4.78, 5) is 16.3. The molecule has 4 rings (SSSR count). The monoisotopic (exact) mass is 363 g/mol. The fraction of sp³-hybridized carbons (Fsp3) is 0.111. The number of amides is 1. The average Bonchev–Trinajstić information content (AvgIpc) is 3.17. The van der Waals surface area contributed by atoms with E-state index in [4.69, 9.17) is 11.5 Å². The number of hydrogen-bond donors (Lipinski definition) is 3. The minimum atomic E-state index is -0.747. The summed E-state index contributed by atoms with van der Waals surface area (Å²) >= 11 is 0. The predicted molar refractivity (Wildman–Crippen MR) is 97.8 cm³/mol. The Morgan fingerprint density at radius 1 is 1.33 bits per heavy atom. The van der Waals surface area contributed by atoms with Gasteiger partial charge < -0.3 is 11.5 Å². The van der Waals surface area contributed by atoms with Gasteiger partial charge in [-0.1, -0.05) is 0 Å². The van der Waals surface area contributed by atoms with E-state index < -0.39 is 11.7 Å². The zero-order chi connectivity index (χ0) is 19.5. The Labute approximate surface area is 152 Å². The van der Waals surface area contributed by atoms with Crippen LogP contribution in [0.4, 0.5) is 10.2 Å². The molecule has 0 bridgehead atoms. The van der Waals surface area contributed by atoms with E-state index in [1.54, 1.807) is 19.9 Å². The molecular formula is C18H14FN7O. The molecular weight excluding hydrogens is 349 g/mol. The number of aromatic amines is 1. The number of hydrogen-bond acceptors (Lipinski definition) is 5. The van der Waals surface area contributed by atoms with Gasteiger partial charge in [-0.25, -0.2) is 9.37 Å². The molecule has 0 fully saturated rings. The van der Waals surface area contributed by atoms with Gasteiger partial charge in [0.2, 0.25) is 0 Å². The van der Waals surface area contributed by atoms with Crippen LogP contribution in [0.25, 0.3) is 27.5 Å². The Hall–Kier alpha value is -3.93. The first-order valence-electron chi connectivity index (χ1n) is 7.99. The van der Waals surface area contributed by atoms with Crippen molar-refractivity contribution < 1.29 is 9.18 Å². The molecule has 9 heteroatoms. The molecule has 3 aromatic heterocycles. The van der Waals surface area contributed by atoms with Gasteiger partial charge in [-0.2, -0.15) is 10.4 Å². The summed E-state index contributed by atoms with van der Waals surface area (Å²) in [6.07, 6.45) is 1.53. The number of fused-ring (bicyclic) bond motifs is 2. The van der Waals surface area contributed by atoms with E-state index in [-0.39, 0.29) is 22.6 Å². The number of carbonyl (C=O) groups excluding carboxylic acids is 1. The number of carbonyl (C=O) groups is 1. The van der Waals surface area contributed by atoms with E-state index in [0.717, 1.165) is 0 Å². The topological polar surface area (TPSA) is 139 Å². The van der Waals surface area contributed by atoms with Crippen LogP contribution in [0.5, 0.6) is 0 Å². The average molecular weight is 363 g/mol. The molecule has 0 saturated carbocycles. The number of benzene rings is 1. The van der Waals surface area contributed by atoms with Gasteiger partial charge in [0.15, 0.2) is 5.69 Å². The van der Waals surface area contributed by atoms with Gasteiger partial charge in [-0.05, 0) is 26.0 Å². The molecule has 134 valence electrons. The molecule has 1 amide bonds. The highest BCUT2D eigenvalue weighted by atomic mass is 19.1. The van der Waals surface area contributed by atoms with Crippen molar-refractivity contribution in [3.63, 3.8) is 0 Å². The number of aromatic nitrogens is 4. The van der Waals surface area contributed by atoms with E-state index in [0.29, 0.717) is 33.2 Å². The van der Waals surface area contributed by atoms with Crippen LogP contribution in [0, 0.1) is 31.0 Å². The highest BCUT2D eigenvalue weighted by Crippen LogP contribution is 2.37. The summed E-state index contributed by atoms with van der Waals surface area (Å²) in [6.45, 7) is 3.28. The third-order valence-corrected chi connectivity index (χ3v) is 4.60. The van der Waals surface area contributed by atoms with Crippen molar-refractivity contribution in [1.82, 2.24) is 19.7 Å². The van der Waals surface area contributed by atoms with Crippen LogP contribution in [0.2, 0.25) is 0 Å². The first-order valence-corrected chi connectivity index (χ1v) is 7.99. The van der Waals surface area contributed by atoms with E-state index in [9.17, 15) is 14.4 Å². The number of nitrogens with zero attached hydrogens (tertiary/aromatic N) is 4. The van der Waals surface area contributed by atoms with Gasteiger partial charge in [-0.15, -0.1) is 0 Å². The second-order valence-electron chi connectivity index (χ2n) is 6.24. The number of H-pyrrole nitrogens is 1. The zero-order valence-electron chi connectivity index (χ0n) is 14.5. The Morgan fingerprint density at radius 2 is 2.07 bits per heavy atom. The number of anilines is 1. The molecule has 0 atom stereocenters. The first kappa shape index (κ1) is 16.5. The maximum absolute atomic E-state index is 14.5. The number of nitriles is 1. The Balaban J connectivity index is 2.31. The zero-order valence-corrected chi connectivity index (χ0v) is 14.5. The lowest BCUT2D eigenvalue weighted by atomic mass is 10.1. The fourth-order valence-electron chi connectivity index (χ4n) is 3.46. The van der Waals surface area contributed by atoms with Crippen molar-refractivity contribution >= 4 is 33.5 Å². The van der Waals surface area contributed by atoms with Crippen LogP contribution in [0.1, 0.15) is 27.3 Å². The molecule has 8 nitrogen and oxygen atoms in total. The van der Waals surface area contributed by atoms with Crippen LogP contribution >= 0.6 is 0 Å². The summed E-state index contributed by atoms with van der Waals surface area (Å²) < 4.78 is 16.0. The standard InChI is InChI=1S/C18H14FN7O/c1-7-3-9-14(18(22)27)17(21)26(16(9)13(5-20)24-7)15-8(2)11(19)4-12-10(15)6-23-25-12/h3-4,6H,21H2,1-2H3,(H2,22,27)(H,23,25). The van der Waals surface area contributed by atoms with Gasteiger partial charge in [0.05, 0.1) is 28.5 Å². The number of nitrogen functional groups attached to an aromatic ring is 1. The van der Waals surface area contributed by atoms with E-state index >= 15 is 0 Å². The van der Waals surface area contributed by atoms with E-state index in [2.05, 4.69) is 15.2 Å². The molecule has 0 aliphatic carbocycles. The summed E-state index contributed by atoms with van der Waals surface area (Å²) in [5.41, 5.74) is 13.9.